The third-order valence-electron chi connectivity index (χ3n) is 4.80. The standard InChI is InChI=1S/C17H22N4O/c1-2-7-19-9-11-20(12-10-19)17-18-14-5-3-4-13-15(22)6-8-21(17)16(13)14/h3-5H,2,6-12H2,1H3. The van der Waals surface area contributed by atoms with Crippen molar-refractivity contribution in [2.24, 2.45) is 0 Å². The van der Waals surface area contributed by atoms with Crippen LogP contribution in [-0.2, 0) is 6.54 Å². The van der Waals surface area contributed by atoms with E-state index in [9.17, 15) is 4.79 Å². The molecule has 2 aliphatic rings. The van der Waals surface area contributed by atoms with Gasteiger partial charge in [0.05, 0.1) is 11.0 Å². The first-order valence-corrected chi connectivity index (χ1v) is 8.27. The van der Waals surface area contributed by atoms with Crippen LogP contribution in [0.25, 0.3) is 11.0 Å². The number of benzene rings is 1. The van der Waals surface area contributed by atoms with Gasteiger partial charge in [0.25, 0.3) is 0 Å². The van der Waals surface area contributed by atoms with Gasteiger partial charge in [-0.3, -0.25) is 9.69 Å². The fourth-order valence-corrected chi connectivity index (χ4v) is 3.69. The highest BCUT2D eigenvalue weighted by atomic mass is 16.1. The number of nitrogens with zero attached hydrogens (tertiary/aromatic N) is 4. The Hall–Kier alpha value is -1.88. The number of rotatable bonds is 3. The Morgan fingerprint density at radius 1 is 1.14 bits per heavy atom. The summed E-state index contributed by atoms with van der Waals surface area (Å²) in [5, 5.41) is 0. The number of aromatic nitrogens is 2. The molecule has 116 valence electrons. The summed E-state index contributed by atoms with van der Waals surface area (Å²) in [5.41, 5.74) is 2.83. The minimum atomic E-state index is 0.248. The maximum Gasteiger partial charge on any atom is 0.206 e. The lowest BCUT2D eigenvalue weighted by Crippen LogP contribution is -2.47. The van der Waals surface area contributed by atoms with Crippen molar-refractivity contribution in [2.45, 2.75) is 26.3 Å². The minimum absolute atomic E-state index is 0.248. The second-order valence-corrected chi connectivity index (χ2v) is 6.24. The van der Waals surface area contributed by atoms with E-state index in [1.165, 1.54) is 13.0 Å². The lowest BCUT2D eigenvalue weighted by molar-refractivity contribution is 0.0973. The second-order valence-electron chi connectivity index (χ2n) is 6.24. The van der Waals surface area contributed by atoms with Crippen LogP contribution in [0.15, 0.2) is 18.2 Å². The van der Waals surface area contributed by atoms with E-state index in [1.54, 1.807) is 0 Å². The molecule has 22 heavy (non-hydrogen) atoms. The summed E-state index contributed by atoms with van der Waals surface area (Å²) in [7, 11) is 0. The summed E-state index contributed by atoms with van der Waals surface area (Å²) in [6.45, 7) is 8.42. The molecule has 0 saturated carbocycles. The number of carbonyl (C=O) groups is 1. The van der Waals surface area contributed by atoms with Gasteiger partial charge in [0, 0.05) is 44.7 Å². The first-order valence-electron chi connectivity index (χ1n) is 8.27. The van der Waals surface area contributed by atoms with Gasteiger partial charge in [-0.2, -0.15) is 0 Å². The van der Waals surface area contributed by atoms with Gasteiger partial charge in [0.2, 0.25) is 5.95 Å². The zero-order valence-electron chi connectivity index (χ0n) is 13.1. The molecule has 5 nitrogen and oxygen atoms in total. The predicted octanol–water partition coefficient (Wildman–Crippen LogP) is 2.15. The van der Waals surface area contributed by atoms with Crippen molar-refractivity contribution in [3.63, 3.8) is 0 Å². The van der Waals surface area contributed by atoms with Crippen molar-refractivity contribution >= 4 is 22.8 Å². The number of ketones is 1. The number of piperazine rings is 1. The Balaban J connectivity index is 1.68. The molecule has 0 N–H and O–H groups in total. The monoisotopic (exact) mass is 298 g/mol. The van der Waals surface area contributed by atoms with Gasteiger partial charge in [-0.15, -0.1) is 0 Å². The molecule has 0 amide bonds. The van der Waals surface area contributed by atoms with Crippen molar-refractivity contribution in [1.82, 2.24) is 14.5 Å². The largest absolute Gasteiger partial charge is 0.340 e. The lowest BCUT2D eigenvalue weighted by Gasteiger charge is -2.35. The van der Waals surface area contributed by atoms with Crippen LogP contribution in [0.5, 0.6) is 0 Å². The lowest BCUT2D eigenvalue weighted by atomic mass is 10.0. The van der Waals surface area contributed by atoms with E-state index in [0.717, 1.165) is 55.3 Å². The highest BCUT2D eigenvalue weighted by molar-refractivity contribution is 6.08. The Morgan fingerprint density at radius 3 is 2.73 bits per heavy atom. The Kier molecular flexibility index (Phi) is 3.37. The average molecular weight is 298 g/mol. The maximum atomic E-state index is 12.1. The van der Waals surface area contributed by atoms with Crippen LogP contribution >= 0.6 is 0 Å². The van der Waals surface area contributed by atoms with Crippen LogP contribution in [0.1, 0.15) is 30.1 Å². The SMILES string of the molecule is CCCN1CCN(c2nc3cccc4c3n2CCC4=O)CC1. The highest BCUT2D eigenvalue weighted by Crippen LogP contribution is 2.30. The van der Waals surface area contributed by atoms with Crippen LogP contribution in [0.2, 0.25) is 0 Å². The van der Waals surface area contributed by atoms with Gasteiger partial charge in [-0.1, -0.05) is 13.0 Å². The molecule has 1 fully saturated rings. The Labute approximate surface area is 130 Å². The van der Waals surface area contributed by atoms with E-state index in [0.29, 0.717) is 6.42 Å². The second kappa shape index (κ2) is 5.39. The molecule has 0 bridgehead atoms. The van der Waals surface area contributed by atoms with E-state index in [-0.39, 0.29) is 5.78 Å². The van der Waals surface area contributed by atoms with Crippen molar-refractivity contribution in [1.29, 1.82) is 0 Å². The van der Waals surface area contributed by atoms with Crippen molar-refractivity contribution in [3.05, 3.63) is 23.8 Å². The maximum absolute atomic E-state index is 12.1. The summed E-state index contributed by atoms with van der Waals surface area (Å²) in [5.74, 6) is 1.29. The van der Waals surface area contributed by atoms with E-state index < -0.39 is 0 Å². The molecule has 0 spiro atoms. The summed E-state index contributed by atoms with van der Waals surface area (Å²) < 4.78 is 2.25. The van der Waals surface area contributed by atoms with Crippen molar-refractivity contribution < 1.29 is 4.79 Å². The molecule has 1 aromatic heterocycles. The zero-order chi connectivity index (χ0) is 15.1. The quantitative estimate of drug-likeness (QED) is 0.871. The van der Waals surface area contributed by atoms with Crippen LogP contribution in [0, 0.1) is 0 Å². The number of anilines is 1. The summed E-state index contributed by atoms with van der Waals surface area (Å²) in [6, 6.07) is 5.90. The molecule has 3 heterocycles. The number of Topliss-reactive ketones (excluding diaryl/α,β-unsaturated/α-hetero) is 1. The van der Waals surface area contributed by atoms with Crippen LogP contribution in [0.4, 0.5) is 5.95 Å². The van der Waals surface area contributed by atoms with Crippen LogP contribution in [-0.4, -0.2) is 53.0 Å². The molecule has 0 atom stereocenters. The third-order valence-corrected chi connectivity index (χ3v) is 4.80. The molecule has 2 aromatic rings. The number of para-hydroxylation sites is 1. The first-order chi connectivity index (χ1) is 10.8. The first kappa shape index (κ1) is 13.8. The zero-order valence-corrected chi connectivity index (χ0v) is 13.1. The third kappa shape index (κ3) is 2.11. The average Bonchev–Trinajstić information content (AvgIpc) is 2.92. The summed E-state index contributed by atoms with van der Waals surface area (Å²) in [6.07, 6.45) is 1.80. The summed E-state index contributed by atoms with van der Waals surface area (Å²) >= 11 is 0. The van der Waals surface area contributed by atoms with E-state index in [2.05, 4.69) is 21.3 Å². The number of aryl methyl sites for hydroxylation is 1. The molecular formula is C17H22N4O. The van der Waals surface area contributed by atoms with Gasteiger partial charge < -0.3 is 9.47 Å². The molecule has 1 saturated heterocycles. The number of hydrogen-bond donors (Lipinski definition) is 0. The van der Waals surface area contributed by atoms with Gasteiger partial charge in [-0.25, -0.2) is 4.98 Å². The Morgan fingerprint density at radius 2 is 1.95 bits per heavy atom. The molecular weight excluding hydrogens is 276 g/mol. The highest BCUT2D eigenvalue weighted by Gasteiger charge is 2.27. The van der Waals surface area contributed by atoms with E-state index in [1.807, 2.05) is 18.2 Å². The number of imidazole rings is 1. The van der Waals surface area contributed by atoms with E-state index in [4.69, 9.17) is 4.98 Å². The topological polar surface area (TPSA) is 41.4 Å². The van der Waals surface area contributed by atoms with Crippen LogP contribution in [0.3, 0.4) is 0 Å². The molecule has 2 aliphatic heterocycles. The fourth-order valence-electron chi connectivity index (χ4n) is 3.69. The molecule has 5 heteroatoms. The molecule has 0 unspecified atom stereocenters. The fraction of sp³-hybridized carbons (Fsp3) is 0.529. The normalized spacial score (nSPS) is 19.1. The Bertz CT molecular complexity index is 713. The smallest absolute Gasteiger partial charge is 0.206 e. The molecule has 0 aliphatic carbocycles. The molecule has 0 radical (unpaired) electrons. The predicted molar refractivity (Wildman–Crippen MR) is 87.6 cm³/mol. The van der Waals surface area contributed by atoms with Gasteiger partial charge in [-0.05, 0) is 25.1 Å². The van der Waals surface area contributed by atoms with E-state index >= 15 is 0 Å². The molecule has 4 rings (SSSR count). The summed E-state index contributed by atoms with van der Waals surface area (Å²) in [4.78, 5) is 21.8. The van der Waals surface area contributed by atoms with Crippen molar-refractivity contribution in [3.8, 4) is 0 Å². The van der Waals surface area contributed by atoms with Gasteiger partial charge >= 0.3 is 0 Å². The number of hydrogen-bond acceptors (Lipinski definition) is 4. The van der Waals surface area contributed by atoms with Gasteiger partial charge in [0.15, 0.2) is 5.78 Å². The van der Waals surface area contributed by atoms with Crippen molar-refractivity contribution in [2.75, 3.05) is 37.6 Å². The number of carbonyl (C=O) groups excluding carboxylic acids is 1. The van der Waals surface area contributed by atoms with Crippen LogP contribution < -0.4 is 4.90 Å². The molecule has 1 aromatic carbocycles. The minimum Gasteiger partial charge on any atom is -0.340 e. The van der Waals surface area contributed by atoms with Gasteiger partial charge in [0.1, 0.15) is 0 Å².